The van der Waals surface area contributed by atoms with Crippen molar-refractivity contribution in [1.82, 2.24) is 10.2 Å². The van der Waals surface area contributed by atoms with Crippen molar-refractivity contribution in [3.05, 3.63) is 0 Å². The van der Waals surface area contributed by atoms with Crippen molar-refractivity contribution >= 4 is 0 Å². The van der Waals surface area contributed by atoms with Gasteiger partial charge in [-0.15, -0.1) is 0 Å². The second-order valence-electron chi connectivity index (χ2n) is 5.77. The molecular formula is C14H28N2O. The van der Waals surface area contributed by atoms with Gasteiger partial charge in [-0.1, -0.05) is 20.3 Å². The smallest absolute Gasteiger partial charge is 0.0586 e. The Morgan fingerprint density at radius 2 is 2.24 bits per heavy atom. The molecule has 1 aliphatic carbocycles. The first-order valence-electron chi connectivity index (χ1n) is 7.24. The molecule has 2 aliphatic rings. The predicted octanol–water partition coefficient (Wildman–Crippen LogP) is 1.87. The Hall–Kier alpha value is -0.120. The molecule has 1 saturated heterocycles. The van der Waals surface area contributed by atoms with E-state index in [1.165, 1.54) is 38.8 Å². The molecule has 3 heteroatoms. The van der Waals surface area contributed by atoms with Crippen LogP contribution in [0.25, 0.3) is 0 Å². The molecule has 1 heterocycles. The quantitative estimate of drug-likeness (QED) is 0.812. The van der Waals surface area contributed by atoms with Gasteiger partial charge < -0.3 is 10.1 Å². The Kier molecular flexibility index (Phi) is 4.83. The molecule has 4 atom stereocenters. The lowest BCUT2D eigenvalue weighted by Gasteiger charge is -2.39. The maximum atomic E-state index is 5.49. The Morgan fingerprint density at radius 1 is 1.41 bits per heavy atom. The van der Waals surface area contributed by atoms with E-state index in [9.17, 15) is 0 Å². The van der Waals surface area contributed by atoms with Gasteiger partial charge >= 0.3 is 0 Å². The molecule has 0 spiro atoms. The fourth-order valence-electron chi connectivity index (χ4n) is 3.26. The zero-order chi connectivity index (χ0) is 12.3. The van der Waals surface area contributed by atoms with Crippen molar-refractivity contribution in [2.75, 3.05) is 26.7 Å². The highest BCUT2D eigenvalue weighted by Crippen LogP contribution is 2.27. The predicted molar refractivity (Wildman–Crippen MR) is 71.3 cm³/mol. The number of ether oxygens (including phenoxy) is 1. The van der Waals surface area contributed by atoms with E-state index in [0.29, 0.717) is 12.1 Å². The molecule has 4 unspecified atom stereocenters. The molecule has 0 aromatic rings. The van der Waals surface area contributed by atoms with Crippen LogP contribution in [0.3, 0.4) is 0 Å². The molecule has 17 heavy (non-hydrogen) atoms. The number of methoxy groups -OCH3 is 1. The highest BCUT2D eigenvalue weighted by Gasteiger charge is 2.32. The lowest BCUT2D eigenvalue weighted by Crippen LogP contribution is -2.55. The Labute approximate surface area is 106 Å². The third-order valence-corrected chi connectivity index (χ3v) is 4.77. The van der Waals surface area contributed by atoms with Gasteiger partial charge in [-0.2, -0.15) is 0 Å². The minimum atomic E-state index is 0.511. The van der Waals surface area contributed by atoms with Gasteiger partial charge in [0.2, 0.25) is 0 Å². The maximum Gasteiger partial charge on any atom is 0.0586 e. The molecular weight excluding hydrogens is 212 g/mol. The minimum absolute atomic E-state index is 0.511. The van der Waals surface area contributed by atoms with Gasteiger partial charge in [0.25, 0.3) is 0 Å². The summed E-state index contributed by atoms with van der Waals surface area (Å²) in [7, 11) is 1.85. The van der Waals surface area contributed by atoms with Gasteiger partial charge in [0.05, 0.1) is 6.10 Å². The second-order valence-corrected chi connectivity index (χ2v) is 5.77. The van der Waals surface area contributed by atoms with E-state index in [-0.39, 0.29) is 0 Å². The van der Waals surface area contributed by atoms with Crippen molar-refractivity contribution in [2.24, 2.45) is 5.92 Å². The number of rotatable bonds is 4. The average Bonchev–Trinajstić information content (AvgIpc) is 2.86. The molecule has 100 valence electrons. The van der Waals surface area contributed by atoms with Crippen molar-refractivity contribution in [1.29, 1.82) is 0 Å². The summed E-state index contributed by atoms with van der Waals surface area (Å²) in [6, 6.07) is 1.46. The third-order valence-electron chi connectivity index (χ3n) is 4.77. The minimum Gasteiger partial charge on any atom is -0.381 e. The topological polar surface area (TPSA) is 24.5 Å². The summed E-state index contributed by atoms with van der Waals surface area (Å²) in [4.78, 5) is 2.70. The SMILES string of the molecule is CCC(C)C1CN(C2CCC(OC)C2)CCN1. The van der Waals surface area contributed by atoms with E-state index in [0.717, 1.165) is 18.5 Å². The van der Waals surface area contributed by atoms with Crippen molar-refractivity contribution in [3.63, 3.8) is 0 Å². The van der Waals surface area contributed by atoms with Crippen LogP contribution in [0.15, 0.2) is 0 Å². The van der Waals surface area contributed by atoms with Crippen LogP contribution < -0.4 is 5.32 Å². The van der Waals surface area contributed by atoms with E-state index in [4.69, 9.17) is 4.74 Å². The fourth-order valence-corrected chi connectivity index (χ4v) is 3.26. The number of piperazine rings is 1. The van der Waals surface area contributed by atoms with E-state index in [1.54, 1.807) is 0 Å². The van der Waals surface area contributed by atoms with Crippen molar-refractivity contribution in [2.45, 2.75) is 57.7 Å². The van der Waals surface area contributed by atoms with Gasteiger partial charge in [-0.3, -0.25) is 4.90 Å². The molecule has 0 aromatic heterocycles. The number of hydrogen-bond acceptors (Lipinski definition) is 3. The first kappa shape index (κ1) is 13.3. The Morgan fingerprint density at radius 3 is 2.88 bits per heavy atom. The van der Waals surface area contributed by atoms with Gasteiger partial charge in [0.1, 0.15) is 0 Å². The molecule has 1 aliphatic heterocycles. The third kappa shape index (κ3) is 3.21. The van der Waals surface area contributed by atoms with Gasteiger partial charge in [-0.05, 0) is 25.2 Å². The summed E-state index contributed by atoms with van der Waals surface area (Å²) < 4.78 is 5.49. The Bertz CT molecular complexity index is 234. The summed E-state index contributed by atoms with van der Waals surface area (Å²) in [5.74, 6) is 0.789. The molecule has 1 saturated carbocycles. The zero-order valence-electron chi connectivity index (χ0n) is 11.6. The highest BCUT2D eigenvalue weighted by molar-refractivity contribution is 4.89. The maximum absolute atomic E-state index is 5.49. The van der Waals surface area contributed by atoms with E-state index in [2.05, 4.69) is 24.1 Å². The highest BCUT2D eigenvalue weighted by atomic mass is 16.5. The van der Waals surface area contributed by atoms with E-state index < -0.39 is 0 Å². The standard InChI is InChI=1S/C14H28N2O/c1-4-11(2)14-10-16(8-7-15-14)12-5-6-13(9-12)17-3/h11-15H,4-10H2,1-3H3. The van der Waals surface area contributed by atoms with Crippen molar-refractivity contribution in [3.8, 4) is 0 Å². The molecule has 0 amide bonds. The van der Waals surface area contributed by atoms with Crippen LogP contribution >= 0.6 is 0 Å². The largest absolute Gasteiger partial charge is 0.381 e. The number of nitrogens with one attached hydrogen (secondary N) is 1. The Balaban J connectivity index is 1.85. The normalized spacial score (nSPS) is 37.2. The molecule has 0 aromatic carbocycles. The summed E-state index contributed by atoms with van der Waals surface area (Å²) >= 11 is 0. The van der Waals surface area contributed by atoms with Crippen LogP contribution in [0.5, 0.6) is 0 Å². The van der Waals surface area contributed by atoms with Crippen LogP contribution in [-0.4, -0.2) is 49.8 Å². The fraction of sp³-hybridized carbons (Fsp3) is 1.00. The summed E-state index contributed by atoms with van der Waals surface area (Å²) in [5, 5.41) is 3.68. The van der Waals surface area contributed by atoms with Gasteiger partial charge in [0.15, 0.2) is 0 Å². The lowest BCUT2D eigenvalue weighted by atomic mass is 9.96. The summed E-state index contributed by atoms with van der Waals surface area (Å²) in [6.07, 6.45) is 5.60. The summed E-state index contributed by atoms with van der Waals surface area (Å²) in [6.45, 7) is 8.27. The van der Waals surface area contributed by atoms with Crippen LogP contribution in [0, 0.1) is 5.92 Å². The number of nitrogens with zero attached hydrogens (tertiary/aromatic N) is 1. The molecule has 0 radical (unpaired) electrons. The summed E-state index contributed by atoms with van der Waals surface area (Å²) in [5.41, 5.74) is 0. The van der Waals surface area contributed by atoms with Crippen LogP contribution in [0.2, 0.25) is 0 Å². The van der Waals surface area contributed by atoms with Crippen LogP contribution in [-0.2, 0) is 4.74 Å². The zero-order valence-corrected chi connectivity index (χ0v) is 11.6. The molecule has 0 bridgehead atoms. The van der Waals surface area contributed by atoms with E-state index >= 15 is 0 Å². The molecule has 2 fully saturated rings. The average molecular weight is 240 g/mol. The molecule has 1 N–H and O–H groups in total. The van der Waals surface area contributed by atoms with Crippen molar-refractivity contribution < 1.29 is 4.74 Å². The van der Waals surface area contributed by atoms with Crippen LogP contribution in [0.4, 0.5) is 0 Å². The molecule has 3 nitrogen and oxygen atoms in total. The monoisotopic (exact) mass is 240 g/mol. The van der Waals surface area contributed by atoms with E-state index in [1.807, 2.05) is 7.11 Å². The first-order chi connectivity index (χ1) is 8.24. The van der Waals surface area contributed by atoms with Gasteiger partial charge in [0, 0.05) is 38.8 Å². The molecule has 2 rings (SSSR count). The first-order valence-corrected chi connectivity index (χ1v) is 7.24. The van der Waals surface area contributed by atoms with Crippen LogP contribution in [0.1, 0.15) is 39.5 Å². The second kappa shape index (κ2) is 6.17. The number of hydrogen-bond donors (Lipinski definition) is 1. The lowest BCUT2D eigenvalue weighted by molar-refractivity contribution is 0.0844. The van der Waals surface area contributed by atoms with Gasteiger partial charge in [-0.25, -0.2) is 0 Å².